The molecule has 0 saturated heterocycles. The molecule has 0 aromatic heterocycles. The van der Waals surface area contributed by atoms with Crippen molar-refractivity contribution in [1.82, 2.24) is 0 Å². The van der Waals surface area contributed by atoms with Crippen molar-refractivity contribution in [2.45, 2.75) is 96.8 Å². The quantitative estimate of drug-likeness (QED) is 0.155. The lowest BCUT2D eigenvalue weighted by Gasteiger charge is -2.15. The van der Waals surface area contributed by atoms with Crippen LogP contribution in [-0.2, 0) is 0 Å². The standard InChI is InChI=1S/C18H15B.C16H35N/c1-4-10-16(11-5-1)19(17-12-6-2-7-13-17)18-14-8-3-9-15-18;1-2-3-4-5-6-7-8-9-10-11-12-13-14-15-16-17/h1-15H;2-17H2,1H3. The predicted molar refractivity (Wildman–Crippen MR) is 163 cm³/mol. The Labute approximate surface area is 223 Å². The second-order valence-electron chi connectivity index (χ2n) is 10.0. The van der Waals surface area contributed by atoms with Gasteiger partial charge in [0, 0.05) is 0 Å². The molecule has 0 spiro atoms. The molecule has 0 bridgehead atoms. The normalized spacial score (nSPS) is 10.5. The fourth-order valence-corrected chi connectivity index (χ4v) is 4.85. The summed E-state index contributed by atoms with van der Waals surface area (Å²) in [5.74, 6) is 0. The Morgan fingerprint density at radius 3 is 0.972 bits per heavy atom. The minimum atomic E-state index is 0.309. The van der Waals surface area contributed by atoms with E-state index in [1.807, 2.05) is 0 Å². The van der Waals surface area contributed by atoms with Crippen molar-refractivity contribution in [2.75, 3.05) is 6.54 Å². The Balaban J connectivity index is 0.000000256. The van der Waals surface area contributed by atoms with E-state index in [4.69, 9.17) is 5.73 Å². The second-order valence-corrected chi connectivity index (χ2v) is 10.0. The highest BCUT2D eigenvalue weighted by Gasteiger charge is 2.20. The molecular weight excluding hydrogens is 433 g/mol. The molecular formula is C34H50BN. The van der Waals surface area contributed by atoms with E-state index >= 15 is 0 Å². The van der Waals surface area contributed by atoms with Gasteiger partial charge in [-0.25, -0.2) is 0 Å². The average Bonchev–Trinajstić information content (AvgIpc) is 2.94. The third kappa shape index (κ3) is 13.1. The van der Waals surface area contributed by atoms with Crippen LogP contribution in [0.3, 0.4) is 0 Å². The molecule has 0 heterocycles. The van der Waals surface area contributed by atoms with Crippen LogP contribution < -0.4 is 22.1 Å². The van der Waals surface area contributed by atoms with E-state index in [9.17, 15) is 0 Å². The molecule has 3 aromatic carbocycles. The molecule has 0 atom stereocenters. The highest BCUT2D eigenvalue weighted by Crippen LogP contribution is 2.12. The molecule has 0 fully saturated rings. The molecule has 3 aromatic rings. The van der Waals surface area contributed by atoms with Crippen LogP contribution in [0.5, 0.6) is 0 Å². The summed E-state index contributed by atoms with van der Waals surface area (Å²) in [5.41, 5.74) is 9.47. The fraction of sp³-hybridized carbons (Fsp3) is 0.471. The molecule has 0 radical (unpaired) electrons. The number of hydrogen-bond acceptors (Lipinski definition) is 1. The van der Waals surface area contributed by atoms with Crippen molar-refractivity contribution >= 4 is 23.1 Å². The minimum absolute atomic E-state index is 0.309. The van der Waals surface area contributed by atoms with Gasteiger partial charge in [0.1, 0.15) is 0 Å². The third-order valence-electron chi connectivity index (χ3n) is 6.96. The van der Waals surface area contributed by atoms with E-state index in [0.29, 0.717) is 6.71 Å². The van der Waals surface area contributed by atoms with Gasteiger partial charge in [-0.05, 0) is 13.0 Å². The topological polar surface area (TPSA) is 26.0 Å². The van der Waals surface area contributed by atoms with Gasteiger partial charge >= 0.3 is 0 Å². The summed E-state index contributed by atoms with van der Waals surface area (Å²) in [5, 5.41) is 0. The molecule has 0 unspecified atom stereocenters. The smallest absolute Gasteiger partial charge is 0.241 e. The summed E-state index contributed by atoms with van der Waals surface area (Å²) < 4.78 is 0. The van der Waals surface area contributed by atoms with Crippen LogP contribution in [0.4, 0.5) is 0 Å². The van der Waals surface area contributed by atoms with Gasteiger partial charge in [-0.2, -0.15) is 0 Å². The number of nitrogens with two attached hydrogens (primary N) is 1. The summed E-state index contributed by atoms with van der Waals surface area (Å²) in [6.07, 6.45) is 19.9. The van der Waals surface area contributed by atoms with E-state index in [1.54, 1.807) is 0 Å². The van der Waals surface area contributed by atoms with E-state index < -0.39 is 0 Å². The van der Waals surface area contributed by atoms with Crippen molar-refractivity contribution in [3.8, 4) is 0 Å². The molecule has 0 aliphatic rings. The first kappa shape index (κ1) is 29.9. The summed E-state index contributed by atoms with van der Waals surface area (Å²) in [6.45, 7) is 3.47. The Morgan fingerprint density at radius 1 is 0.417 bits per heavy atom. The van der Waals surface area contributed by atoms with Crippen molar-refractivity contribution in [3.05, 3.63) is 91.0 Å². The van der Waals surface area contributed by atoms with E-state index in [-0.39, 0.29) is 0 Å². The fourth-order valence-electron chi connectivity index (χ4n) is 4.85. The lowest BCUT2D eigenvalue weighted by molar-refractivity contribution is 0.536. The van der Waals surface area contributed by atoms with Gasteiger partial charge in [0.25, 0.3) is 0 Å². The lowest BCUT2D eigenvalue weighted by Crippen LogP contribution is -2.51. The van der Waals surface area contributed by atoms with Gasteiger partial charge in [-0.1, -0.05) is 198 Å². The highest BCUT2D eigenvalue weighted by atomic mass is 14.5. The van der Waals surface area contributed by atoms with Crippen molar-refractivity contribution in [3.63, 3.8) is 0 Å². The van der Waals surface area contributed by atoms with Gasteiger partial charge in [-0.3, -0.25) is 0 Å². The van der Waals surface area contributed by atoms with E-state index in [1.165, 1.54) is 106 Å². The molecule has 1 nitrogen and oxygen atoms in total. The maximum Gasteiger partial charge on any atom is 0.241 e. The van der Waals surface area contributed by atoms with Gasteiger partial charge in [0.05, 0.1) is 0 Å². The molecule has 2 N–H and O–H groups in total. The average molecular weight is 484 g/mol. The Morgan fingerprint density at radius 2 is 0.694 bits per heavy atom. The minimum Gasteiger partial charge on any atom is -0.330 e. The van der Waals surface area contributed by atoms with Crippen molar-refractivity contribution < 1.29 is 0 Å². The Hall–Kier alpha value is -2.32. The van der Waals surface area contributed by atoms with Crippen molar-refractivity contribution in [2.24, 2.45) is 5.73 Å². The Kier molecular flexibility index (Phi) is 17.3. The monoisotopic (exact) mass is 483 g/mol. The molecule has 0 aliphatic heterocycles. The largest absolute Gasteiger partial charge is 0.330 e. The van der Waals surface area contributed by atoms with Crippen LogP contribution in [0.25, 0.3) is 0 Å². The molecule has 36 heavy (non-hydrogen) atoms. The summed E-state index contributed by atoms with van der Waals surface area (Å²) in [4.78, 5) is 0. The van der Waals surface area contributed by atoms with Crippen LogP contribution in [0, 0.1) is 0 Å². The van der Waals surface area contributed by atoms with Crippen LogP contribution >= 0.6 is 0 Å². The zero-order valence-electron chi connectivity index (χ0n) is 22.9. The van der Waals surface area contributed by atoms with E-state index in [0.717, 1.165) is 6.54 Å². The van der Waals surface area contributed by atoms with Gasteiger partial charge in [-0.15, -0.1) is 0 Å². The summed E-state index contributed by atoms with van der Waals surface area (Å²) >= 11 is 0. The number of hydrogen-bond donors (Lipinski definition) is 1. The summed E-state index contributed by atoms with van der Waals surface area (Å²) in [6, 6.07) is 32.0. The number of rotatable bonds is 17. The first-order chi connectivity index (χ1) is 17.9. The van der Waals surface area contributed by atoms with Crippen LogP contribution in [0.2, 0.25) is 0 Å². The molecule has 0 aliphatic carbocycles. The first-order valence-electron chi connectivity index (χ1n) is 14.7. The number of benzene rings is 3. The summed E-state index contributed by atoms with van der Waals surface area (Å²) in [7, 11) is 0. The van der Waals surface area contributed by atoms with Crippen molar-refractivity contribution in [1.29, 1.82) is 0 Å². The lowest BCUT2D eigenvalue weighted by atomic mass is 9.37. The van der Waals surface area contributed by atoms with E-state index in [2.05, 4.69) is 97.9 Å². The van der Waals surface area contributed by atoms with Crippen LogP contribution in [0.15, 0.2) is 91.0 Å². The van der Waals surface area contributed by atoms with Gasteiger partial charge in [0.15, 0.2) is 0 Å². The van der Waals surface area contributed by atoms with Crippen LogP contribution in [-0.4, -0.2) is 13.3 Å². The third-order valence-corrected chi connectivity index (χ3v) is 6.96. The molecule has 0 amide bonds. The van der Waals surface area contributed by atoms with Gasteiger partial charge in [0.2, 0.25) is 6.71 Å². The zero-order valence-corrected chi connectivity index (χ0v) is 22.9. The second kappa shape index (κ2) is 20.8. The molecule has 3 rings (SSSR count). The van der Waals surface area contributed by atoms with Gasteiger partial charge < -0.3 is 5.73 Å². The predicted octanol–water partition coefficient (Wildman–Crippen LogP) is 7.63. The highest BCUT2D eigenvalue weighted by molar-refractivity contribution is 6.95. The zero-order chi connectivity index (χ0) is 25.5. The maximum atomic E-state index is 5.47. The maximum absolute atomic E-state index is 5.47. The first-order valence-corrected chi connectivity index (χ1v) is 14.7. The van der Waals surface area contributed by atoms with Crippen LogP contribution in [0.1, 0.15) is 96.8 Å². The Bertz CT molecular complexity index is 742. The number of unbranched alkanes of at least 4 members (excludes halogenated alkanes) is 13. The molecule has 194 valence electrons. The molecule has 0 saturated carbocycles. The SMILES string of the molecule is CCCCCCCCCCCCCCCCN.c1ccc(B(c2ccccc2)c2ccccc2)cc1. The molecule has 2 heteroatoms.